The van der Waals surface area contributed by atoms with Crippen molar-refractivity contribution in [1.29, 1.82) is 0 Å². The first-order chi connectivity index (χ1) is 12.2. The Hall–Kier alpha value is -0.690. The lowest BCUT2D eigenvalue weighted by molar-refractivity contribution is -0.159. The standard InChI is InChI=1S/C19H34N4O2/c24-17(15-5-1-7-18(13-15)9-3-11-20-22-18)25-16-6-2-8-19(14-16)10-4-12-21-23-19/h15-16,20-23H,1-14H2. The summed E-state index contributed by atoms with van der Waals surface area (Å²) in [6.45, 7) is 2.07. The molecular weight excluding hydrogens is 316 g/mol. The van der Waals surface area contributed by atoms with E-state index in [1.54, 1.807) is 0 Å². The highest BCUT2D eigenvalue weighted by Crippen LogP contribution is 2.39. The fourth-order valence-corrected chi connectivity index (χ4v) is 5.57. The molecule has 2 spiro atoms. The molecule has 2 aliphatic carbocycles. The molecule has 4 fully saturated rings. The van der Waals surface area contributed by atoms with Crippen LogP contribution >= 0.6 is 0 Å². The van der Waals surface area contributed by atoms with Crippen LogP contribution in [0.25, 0.3) is 0 Å². The number of hydrogen-bond acceptors (Lipinski definition) is 6. The fourth-order valence-electron chi connectivity index (χ4n) is 5.57. The van der Waals surface area contributed by atoms with Gasteiger partial charge in [-0.2, -0.15) is 0 Å². The number of esters is 1. The van der Waals surface area contributed by atoms with Crippen LogP contribution in [-0.4, -0.2) is 36.2 Å². The van der Waals surface area contributed by atoms with Gasteiger partial charge in [0.1, 0.15) is 6.10 Å². The molecule has 0 radical (unpaired) electrons. The summed E-state index contributed by atoms with van der Waals surface area (Å²) in [6, 6.07) is 0. The predicted molar refractivity (Wildman–Crippen MR) is 96.5 cm³/mol. The van der Waals surface area contributed by atoms with Gasteiger partial charge in [-0.05, 0) is 64.2 Å². The van der Waals surface area contributed by atoms with E-state index in [0.29, 0.717) is 0 Å². The van der Waals surface area contributed by atoms with Crippen molar-refractivity contribution in [2.45, 2.75) is 94.2 Å². The number of hydrazine groups is 2. The third-order valence-electron chi connectivity index (χ3n) is 6.88. The molecule has 2 saturated carbocycles. The first-order valence-corrected chi connectivity index (χ1v) is 10.4. The predicted octanol–water partition coefficient (Wildman–Crippen LogP) is 1.92. The van der Waals surface area contributed by atoms with Crippen molar-refractivity contribution < 1.29 is 9.53 Å². The lowest BCUT2D eigenvalue weighted by Gasteiger charge is -2.45. The maximum absolute atomic E-state index is 12.9. The number of ether oxygens (including phenoxy) is 1. The van der Waals surface area contributed by atoms with E-state index in [9.17, 15) is 4.79 Å². The van der Waals surface area contributed by atoms with E-state index < -0.39 is 0 Å². The Morgan fingerprint density at radius 3 is 2.04 bits per heavy atom. The molecule has 25 heavy (non-hydrogen) atoms. The molecule has 2 heterocycles. The van der Waals surface area contributed by atoms with Crippen LogP contribution in [0.5, 0.6) is 0 Å². The molecule has 0 amide bonds. The molecule has 2 aliphatic heterocycles. The average molecular weight is 351 g/mol. The van der Waals surface area contributed by atoms with Crippen LogP contribution in [-0.2, 0) is 9.53 Å². The van der Waals surface area contributed by atoms with Crippen molar-refractivity contribution >= 4 is 5.97 Å². The summed E-state index contributed by atoms with van der Waals surface area (Å²) in [5, 5.41) is 0. The van der Waals surface area contributed by atoms with Crippen molar-refractivity contribution in [3.05, 3.63) is 0 Å². The van der Waals surface area contributed by atoms with Gasteiger partial charge in [0.05, 0.1) is 5.92 Å². The Labute approximate surface area is 151 Å². The minimum Gasteiger partial charge on any atom is -0.462 e. The second-order valence-corrected chi connectivity index (χ2v) is 8.82. The van der Waals surface area contributed by atoms with Gasteiger partial charge in [-0.1, -0.05) is 6.42 Å². The normalized spacial score (nSPS) is 42.4. The molecule has 0 aromatic rings. The molecule has 6 nitrogen and oxygen atoms in total. The summed E-state index contributed by atoms with van der Waals surface area (Å²) >= 11 is 0. The summed E-state index contributed by atoms with van der Waals surface area (Å²) in [5.41, 5.74) is 13.9. The second-order valence-electron chi connectivity index (χ2n) is 8.82. The zero-order valence-corrected chi connectivity index (χ0v) is 15.4. The minimum absolute atomic E-state index is 0.0530. The Morgan fingerprint density at radius 2 is 1.40 bits per heavy atom. The third kappa shape index (κ3) is 4.02. The SMILES string of the molecule is O=C(OC1CCCC2(CCCNN2)C1)C1CCCC2(CCCNN2)C1. The Bertz CT molecular complexity index is 461. The molecule has 0 aromatic carbocycles. The summed E-state index contributed by atoms with van der Waals surface area (Å²) in [7, 11) is 0. The van der Waals surface area contributed by atoms with Gasteiger partial charge in [-0.15, -0.1) is 0 Å². The van der Waals surface area contributed by atoms with Crippen LogP contribution in [0.2, 0.25) is 0 Å². The highest BCUT2D eigenvalue weighted by molar-refractivity contribution is 5.73. The van der Waals surface area contributed by atoms with Gasteiger partial charge in [0.25, 0.3) is 0 Å². The summed E-state index contributed by atoms with van der Waals surface area (Å²) in [6.07, 6.45) is 13.4. The number of carbonyl (C=O) groups is 1. The molecule has 0 bridgehead atoms. The van der Waals surface area contributed by atoms with Crippen LogP contribution in [0.15, 0.2) is 0 Å². The molecule has 4 N–H and O–H groups in total. The quantitative estimate of drug-likeness (QED) is 0.570. The summed E-state index contributed by atoms with van der Waals surface area (Å²) < 4.78 is 6.04. The zero-order chi connectivity index (χ0) is 17.2. The van der Waals surface area contributed by atoms with Crippen molar-refractivity contribution in [1.82, 2.24) is 21.7 Å². The van der Waals surface area contributed by atoms with Gasteiger partial charge < -0.3 is 4.74 Å². The Kier molecular flexibility index (Phi) is 5.32. The average Bonchev–Trinajstić information content (AvgIpc) is 2.63. The largest absolute Gasteiger partial charge is 0.462 e. The van der Waals surface area contributed by atoms with Gasteiger partial charge in [0, 0.05) is 30.6 Å². The highest BCUT2D eigenvalue weighted by Gasteiger charge is 2.42. The van der Waals surface area contributed by atoms with Crippen LogP contribution in [0, 0.1) is 5.92 Å². The van der Waals surface area contributed by atoms with Gasteiger partial charge in [-0.25, -0.2) is 0 Å². The molecule has 142 valence electrons. The van der Waals surface area contributed by atoms with Crippen molar-refractivity contribution in [3.63, 3.8) is 0 Å². The van der Waals surface area contributed by atoms with E-state index in [1.165, 1.54) is 38.5 Å². The van der Waals surface area contributed by atoms with Crippen molar-refractivity contribution in [2.24, 2.45) is 5.92 Å². The Morgan fingerprint density at radius 1 is 0.800 bits per heavy atom. The van der Waals surface area contributed by atoms with Gasteiger partial charge >= 0.3 is 5.97 Å². The molecule has 0 aromatic heterocycles. The van der Waals surface area contributed by atoms with Gasteiger partial charge in [0.15, 0.2) is 0 Å². The van der Waals surface area contributed by atoms with Crippen LogP contribution in [0.1, 0.15) is 77.0 Å². The molecule has 4 rings (SSSR count). The zero-order valence-electron chi connectivity index (χ0n) is 15.4. The number of nitrogens with one attached hydrogen (secondary N) is 4. The van der Waals surface area contributed by atoms with Gasteiger partial charge in [-0.3, -0.25) is 26.5 Å². The highest BCUT2D eigenvalue weighted by atomic mass is 16.5. The molecule has 2 saturated heterocycles. The van der Waals surface area contributed by atoms with E-state index in [1.807, 2.05) is 0 Å². The summed E-state index contributed by atoms with van der Waals surface area (Å²) in [4.78, 5) is 12.9. The van der Waals surface area contributed by atoms with Crippen LogP contribution in [0.4, 0.5) is 0 Å². The molecule has 4 unspecified atom stereocenters. The molecule has 4 aliphatic rings. The number of carbonyl (C=O) groups excluding carboxylic acids is 1. The van der Waals surface area contributed by atoms with Gasteiger partial charge in [0.2, 0.25) is 0 Å². The molecular formula is C19H34N4O2. The van der Waals surface area contributed by atoms with E-state index in [2.05, 4.69) is 21.7 Å². The monoisotopic (exact) mass is 350 g/mol. The van der Waals surface area contributed by atoms with E-state index >= 15 is 0 Å². The summed E-state index contributed by atoms with van der Waals surface area (Å²) in [5.74, 6) is 0.119. The van der Waals surface area contributed by atoms with E-state index in [0.717, 1.165) is 51.6 Å². The van der Waals surface area contributed by atoms with Crippen LogP contribution < -0.4 is 21.7 Å². The lowest BCUT2D eigenvalue weighted by Crippen LogP contribution is -2.60. The lowest BCUT2D eigenvalue weighted by atomic mass is 9.73. The third-order valence-corrected chi connectivity index (χ3v) is 6.88. The minimum atomic E-state index is 0.0530. The topological polar surface area (TPSA) is 74.4 Å². The fraction of sp³-hybridized carbons (Fsp3) is 0.947. The molecule has 4 atom stereocenters. The first kappa shape index (κ1) is 17.7. The van der Waals surface area contributed by atoms with Crippen molar-refractivity contribution in [3.8, 4) is 0 Å². The second kappa shape index (κ2) is 7.51. The molecule has 6 heteroatoms. The van der Waals surface area contributed by atoms with E-state index in [4.69, 9.17) is 4.74 Å². The number of rotatable bonds is 2. The Balaban J connectivity index is 1.33. The maximum Gasteiger partial charge on any atom is 0.309 e. The smallest absolute Gasteiger partial charge is 0.309 e. The first-order valence-electron chi connectivity index (χ1n) is 10.4. The van der Waals surface area contributed by atoms with Crippen LogP contribution in [0.3, 0.4) is 0 Å². The van der Waals surface area contributed by atoms with E-state index in [-0.39, 0.29) is 29.1 Å². The number of hydrogen-bond donors (Lipinski definition) is 4. The van der Waals surface area contributed by atoms with Crippen molar-refractivity contribution in [2.75, 3.05) is 13.1 Å². The maximum atomic E-state index is 12.9.